The predicted octanol–water partition coefficient (Wildman–Crippen LogP) is 3.82. The number of hydrogen-bond acceptors (Lipinski definition) is 6. The maximum Gasteiger partial charge on any atom is 0.410 e. The summed E-state index contributed by atoms with van der Waals surface area (Å²) >= 11 is 0. The molecule has 1 amide bonds. The van der Waals surface area contributed by atoms with Gasteiger partial charge in [-0.25, -0.2) is 4.79 Å². The van der Waals surface area contributed by atoms with E-state index < -0.39 is 17.9 Å². The Balaban J connectivity index is 1.34. The Morgan fingerprint density at radius 1 is 1.09 bits per heavy atom. The van der Waals surface area contributed by atoms with Crippen LogP contribution in [0.4, 0.5) is 4.79 Å². The van der Waals surface area contributed by atoms with Crippen LogP contribution in [0.2, 0.25) is 0 Å². The summed E-state index contributed by atoms with van der Waals surface area (Å²) in [5.41, 5.74) is 1.45. The van der Waals surface area contributed by atoms with Gasteiger partial charge >= 0.3 is 6.09 Å². The van der Waals surface area contributed by atoms with Crippen molar-refractivity contribution >= 4 is 6.09 Å². The molecule has 178 valence electrons. The lowest BCUT2D eigenvalue weighted by atomic mass is 9.94. The molecule has 3 aliphatic rings. The van der Waals surface area contributed by atoms with Gasteiger partial charge in [0.2, 0.25) is 0 Å². The first-order valence-corrected chi connectivity index (χ1v) is 12.1. The monoisotopic (exact) mass is 446 g/mol. The molecule has 2 fully saturated rings. The highest BCUT2D eigenvalue weighted by Crippen LogP contribution is 2.40. The zero-order chi connectivity index (χ0) is 22.9. The first-order valence-electron chi connectivity index (χ1n) is 12.1. The van der Waals surface area contributed by atoms with Crippen LogP contribution in [0.25, 0.3) is 0 Å². The van der Waals surface area contributed by atoms with E-state index in [0.717, 1.165) is 56.2 Å². The molecule has 32 heavy (non-hydrogen) atoms. The second kappa shape index (κ2) is 9.57. The molecule has 1 saturated heterocycles. The third kappa shape index (κ3) is 5.38. The van der Waals surface area contributed by atoms with E-state index in [2.05, 4.69) is 4.90 Å². The average molecular weight is 447 g/mol. The third-order valence-corrected chi connectivity index (χ3v) is 6.84. The molecule has 7 nitrogen and oxygen atoms in total. The fraction of sp³-hybridized carbons (Fsp3) is 0.720. The van der Waals surface area contributed by atoms with Crippen LogP contribution in [0.1, 0.15) is 76.7 Å². The van der Waals surface area contributed by atoms with E-state index in [-0.39, 0.29) is 12.2 Å². The number of likely N-dealkylation sites (tertiary alicyclic amines) is 1. The van der Waals surface area contributed by atoms with E-state index in [4.69, 9.17) is 9.47 Å². The highest BCUT2D eigenvalue weighted by molar-refractivity contribution is 5.68. The van der Waals surface area contributed by atoms with Crippen molar-refractivity contribution in [3.63, 3.8) is 0 Å². The second-order valence-electron chi connectivity index (χ2n) is 10.6. The van der Waals surface area contributed by atoms with Gasteiger partial charge in [-0.1, -0.05) is 18.6 Å². The van der Waals surface area contributed by atoms with Crippen LogP contribution in [0.5, 0.6) is 5.75 Å². The number of nitrogens with zero attached hydrogens (tertiary/aromatic N) is 2. The van der Waals surface area contributed by atoms with E-state index in [1.807, 2.05) is 39.0 Å². The molecule has 1 aliphatic carbocycles. The summed E-state index contributed by atoms with van der Waals surface area (Å²) in [4.78, 5) is 16.2. The molecule has 1 aromatic rings. The largest absolute Gasteiger partial charge is 0.487 e. The standard InChI is InChI=1S/C25H38N2O5/c1-25(2,3)32-24(30)26-13-11-17(12-14-26)15-27-16-18-7-6-10-21(22(18)23(27)29)31-20-9-5-4-8-19(20)28/h6-7,10,17,19-20,23,28-29H,4-5,8-9,11-16H2,1-3H3/t19-,20-,23?/m0/s1. The maximum atomic E-state index is 12.3. The van der Waals surface area contributed by atoms with Gasteiger partial charge in [0.15, 0.2) is 0 Å². The Hall–Kier alpha value is -1.83. The lowest BCUT2D eigenvalue weighted by molar-refractivity contribution is -0.0157. The average Bonchev–Trinajstić information content (AvgIpc) is 3.05. The van der Waals surface area contributed by atoms with Gasteiger partial charge in [0, 0.05) is 31.7 Å². The van der Waals surface area contributed by atoms with Crippen molar-refractivity contribution < 1.29 is 24.5 Å². The van der Waals surface area contributed by atoms with Crippen LogP contribution in [0.15, 0.2) is 18.2 Å². The lowest BCUT2D eigenvalue weighted by Crippen LogP contribution is -2.43. The lowest BCUT2D eigenvalue weighted by Gasteiger charge is -2.35. The molecule has 0 radical (unpaired) electrons. The van der Waals surface area contributed by atoms with Gasteiger partial charge in [-0.15, -0.1) is 0 Å². The summed E-state index contributed by atoms with van der Waals surface area (Å²) in [5.74, 6) is 1.12. The maximum absolute atomic E-state index is 12.3. The van der Waals surface area contributed by atoms with Crippen LogP contribution in [-0.4, -0.2) is 63.5 Å². The molecule has 2 N–H and O–H groups in total. The Bertz CT molecular complexity index is 800. The van der Waals surface area contributed by atoms with E-state index in [9.17, 15) is 15.0 Å². The number of rotatable bonds is 4. The van der Waals surface area contributed by atoms with Crippen molar-refractivity contribution in [1.29, 1.82) is 0 Å². The van der Waals surface area contributed by atoms with Crippen molar-refractivity contribution in [3.05, 3.63) is 29.3 Å². The van der Waals surface area contributed by atoms with Crippen molar-refractivity contribution in [2.45, 2.75) is 89.9 Å². The number of aliphatic hydroxyl groups excluding tert-OH is 2. The first kappa shape index (κ1) is 23.3. The number of hydrogen-bond donors (Lipinski definition) is 2. The molecule has 0 spiro atoms. The summed E-state index contributed by atoms with van der Waals surface area (Å²) in [5, 5.41) is 21.4. The zero-order valence-corrected chi connectivity index (χ0v) is 19.6. The number of piperidine rings is 1. The summed E-state index contributed by atoms with van der Waals surface area (Å²) < 4.78 is 11.7. The highest BCUT2D eigenvalue weighted by Gasteiger charge is 2.36. The second-order valence-corrected chi connectivity index (χ2v) is 10.6. The Labute approximate surface area is 191 Å². The highest BCUT2D eigenvalue weighted by atomic mass is 16.6. The van der Waals surface area contributed by atoms with E-state index in [1.54, 1.807) is 4.90 Å². The topological polar surface area (TPSA) is 82.5 Å². The summed E-state index contributed by atoms with van der Waals surface area (Å²) in [6, 6.07) is 5.93. The van der Waals surface area contributed by atoms with Gasteiger partial charge in [-0.3, -0.25) is 4.90 Å². The molecule has 4 rings (SSSR count). The van der Waals surface area contributed by atoms with Gasteiger partial charge in [-0.2, -0.15) is 0 Å². The fourth-order valence-corrected chi connectivity index (χ4v) is 5.11. The number of amides is 1. The number of aliphatic hydroxyl groups is 2. The van der Waals surface area contributed by atoms with Crippen LogP contribution < -0.4 is 4.74 Å². The molecule has 1 unspecified atom stereocenters. The predicted molar refractivity (Wildman–Crippen MR) is 121 cm³/mol. The number of fused-ring (bicyclic) bond motifs is 1. The van der Waals surface area contributed by atoms with Crippen molar-refractivity contribution in [2.75, 3.05) is 19.6 Å². The Morgan fingerprint density at radius 3 is 2.50 bits per heavy atom. The SMILES string of the molecule is CC(C)(C)OC(=O)N1CCC(CN2Cc3cccc(O[C@H]4CCCC[C@@H]4O)c3C2O)CC1. The van der Waals surface area contributed by atoms with Crippen LogP contribution in [0.3, 0.4) is 0 Å². The van der Waals surface area contributed by atoms with Gasteiger partial charge in [0.05, 0.1) is 6.10 Å². The molecule has 0 bridgehead atoms. The molecule has 7 heteroatoms. The van der Waals surface area contributed by atoms with Gasteiger partial charge in [0.25, 0.3) is 0 Å². The van der Waals surface area contributed by atoms with Crippen molar-refractivity contribution in [2.24, 2.45) is 5.92 Å². The van der Waals surface area contributed by atoms with Gasteiger partial charge in [0.1, 0.15) is 23.7 Å². The summed E-state index contributed by atoms with van der Waals surface area (Å²) in [7, 11) is 0. The Morgan fingerprint density at radius 2 is 1.81 bits per heavy atom. The number of carbonyl (C=O) groups excluding carboxylic acids is 1. The first-order chi connectivity index (χ1) is 15.2. The molecule has 0 aromatic heterocycles. The Kier molecular flexibility index (Phi) is 6.98. The van der Waals surface area contributed by atoms with Gasteiger partial charge in [-0.05, 0) is 70.4 Å². The summed E-state index contributed by atoms with van der Waals surface area (Å²) in [6.07, 6.45) is 3.94. The minimum Gasteiger partial charge on any atom is -0.487 e. The minimum atomic E-state index is -0.703. The van der Waals surface area contributed by atoms with Crippen molar-refractivity contribution in [1.82, 2.24) is 9.80 Å². The third-order valence-electron chi connectivity index (χ3n) is 6.84. The molecule has 1 saturated carbocycles. The minimum absolute atomic E-state index is 0.200. The van der Waals surface area contributed by atoms with Crippen LogP contribution in [-0.2, 0) is 11.3 Å². The fourth-order valence-electron chi connectivity index (χ4n) is 5.11. The molecule has 3 atom stereocenters. The number of carbonyl (C=O) groups is 1. The van der Waals surface area contributed by atoms with E-state index >= 15 is 0 Å². The number of benzene rings is 1. The number of ether oxygens (including phenoxy) is 2. The smallest absolute Gasteiger partial charge is 0.410 e. The van der Waals surface area contributed by atoms with E-state index in [1.165, 1.54) is 0 Å². The van der Waals surface area contributed by atoms with Gasteiger partial charge < -0.3 is 24.6 Å². The molecule has 2 heterocycles. The molecule has 1 aromatic carbocycles. The van der Waals surface area contributed by atoms with Crippen LogP contribution in [0, 0.1) is 5.92 Å². The van der Waals surface area contributed by atoms with E-state index in [0.29, 0.717) is 31.3 Å². The van der Waals surface area contributed by atoms with Crippen LogP contribution >= 0.6 is 0 Å². The van der Waals surface area contributed by atoms with Crippen molar-refractivity contribution in [3.8, 4) is 5.75 Å². The molecule has 2 aliphatic heterocycles. The molecular weight excluding hydrogens is 408 g/mol. The summed E-state index contributed by atoms with van der Waals surface area (Å²) in [6.45, 7) is 8.50. The quantitative estimate of drug-likeness (QED) is 0.732. The zero-order valence-electron chi connectivity index (χ0n) is 19.6. The molecular formula is C25H38N2O5. The normalized spacial score (nSPS) is 27.3.